The van der Waals surface area contributed by atoms with E-state index in [1.165, 1.54) is 6.92 Å². The van der Waals surface area contributed by atoms with Crippen LogP contribution in [0.15, 0.2) is 0 Å². The van der Waals surface area contributed by atoms with Crippen LogP contribution in [0.3, 0.4) is 0 Å². The summed E-state index contributed by atoms with van der Waals surface area (Å²) >= 11 is 0. The Balaban J connectivity index is 3.05. The Hall–Kier alpha value is -1.30. The van der Waals surface area contributed by atoms with E-state index in [2.05, 4.69) is 0 Å². The quantitative estimate of drug-likeness (QED) is 0.169. The maximum absolute atomic E-state index is 11.1. The molecule has 0 heterocycles. The molecular formula is C20H38O10. The van der Waals surface area contributed by atoms with Gasteiger partial charge in [0.05, 0.1) is 79.3 Å². The third-order valence-electron chi connectivity index (χ3n) is 3.34. The van der Waals surface area contributed by atoms with Gasteiger partial charge in [-0.25, -0.2) is 0 Å². The summed E-state index contributed by atoms with van der Waals surface area (Å²) in [6.07, 6.45) is 1.23. The van der Waals surface area contributed by atoms with Gasteiger partial charge in [0.25, 0.3) is 0 Å². The number of esters is 2. The highest BCUT2D eigenvalue weighted by Gasteiger charge is 1.99. The molecule has 0 aliphatic heterocycles. The molecule has 0 bridgehead atoms. The average Bonchev–Trinajstić information content (AvgIpc) is 2.71. The van der Waals surface area contributed by atoms with Gasteiger partial charge in [-0.2, -0.15) is 0 Å². The zero-order chi connectivity index (χ0) is 22.1. The third kappa shape index (κ3) is 24.7. The average molecular weight is 439 g/mol. The number of carbonyl (C=O) groups excluding carboxylic acids is 2. The number of hydrogen-bond acceptors (Lipinski definition) is 10. The van der Waals surface area contributed by atoms with Crippen LogP contribution in [0.5, 0.6) is 0 Å². The first-order chi connectivity index (χ1) is 14.7. The molecule has 0 atom stereocenters. The zero-order valence-electron chi connectivity index (χ0n) is 18.4. The molecule has 0 spiro atoms. The molecule has 0 saturated heterocycles. The molecule has 0 N–H and O–H groups in total. The summed E-state index contributed by atoms with van der Waals surface area (Å²) in [5.41, 5.74) is 0. The van der Waals surface area contributed by atoms with Gasteiger partial charge < -0.3 is 37.9 Å². The van der Waals surface area contributed by atoms with E-state index in [1.807, 2.05) is 6.92 Å². The van der Waals surface area contributed by atoms with Gasteiger partial charge in [0.15, 0.2) is 0 Å². The molecule has 0 aromatic heterocycles. The van der Waals surface area contributed by atoms with E-state index in [0.29, 0.717) is 85.7 Å². The molecule has 10 nitrogen and oxygen atoms in total. The molecule has 0 saturated carbocycles. The van der Waals surface area contributed by atoms with Crippen LogP contribution in [0.1, 0.15) is 26.7 Å². The summed E-state index contributed by atoms with van der Waals surface area (Å²) in [6.45, 7) is 9.30. The lowest BCUT2D eigenvalue weighted by Gasteiger charge is -2.08. The van der Waals surface area contributed by atoms with E-state index in [-0.39, 0.29) is 25.2 Å². The Morgan fingerprint density at radius 3 is 1.10 bits per heavy atom. The SMILES string of the molecule is CCCC(=O)OCCOCCOCCOCCOCCOCCOCCOC(C)=O. The minimum absolute atomic E-state index is 0.190. The molecule has 30 heavy (non-hydrogen) atoms. The molecule has 0 unspecified atom stereocenters. The molecule has 10 heteroatoms. The predicted octanol–water partition coefficient (Wildman–Crippen LogP) is 0.992. The molecule has 0 rings (SSSR count). The largest absolute Gasteiger partial charge is 0.463 e. The predicted molar refractivity (Wildman–Crippen MR) is 107 cm³/mol. The second-order valence-electron chi connectivity index (χ2n) is 5.98. The van der Waals surface area contributed by atoms with Crippen molar-refractivity contribution < 1.29 is 47.5 Å². The molecule has 0 amide bonds. The lowest BCUT2D eigenvalue weighted by atomic mass is 10.3. The Morgan fingerprint density at radius 2 is 0.800 bits per heavy atom. The monoisotopic (exact) mass is 438 g/mol. The summed E-state index contributed by atoms with van der Waals surface area (Å²) in [7, 11) is 0. The summed E-state index contributed by atoms with van der Waals surface area (Å²) < 4.78 is 41.7. The zero-order valence-corrected chi connectivity index (χ0v) is 18.4. The summed E-state index contributed by atoms with van der Waals surface area (Å²) in [6, 6.07) is 0. The first-order valence-electron chi connectivity index (χ1n) is 10.4. The Kier molecular flexibility index (Phi) is 22.9. The van der Waals surface area contributed by atoms with Gasteiger partial charge in [-0.15, -0.1) is 0 Å². The van der Waals surface area contributed by atoms with Crippen LogP contribution < -0.4 is 0 Å². The topological polar surface area (TPSA) is 108 Å². The van der Waals surface area contributed by atoms with Crippen LogP contribution in [-0.4, -0.2) is 104 Å². The van der Waals surface area contributed by atoms with Crippen LogP contribution in [0.4, 0.5) is 0 Å². The standard InChI is InChI=1S/C20H38O10/c1-3-4-20(22)30-18-16-28-14-12-26-10-8-24-6-5-23-7-9-25-11-13-27-15-17-29-19(2)21/h3-18H2,1-2H3. The van der Waals surface area contributed by atoms with Crippen LogP contribution >= 0.6 is 0 Å². The maximum atomic E-state index is 11.1. The Labute approximate surface area is 179 Å². The molecule has 0 fully saturated rings. The minimum Gasteiger partial charge on any atom is -0.463 e. The number of hydrogen-bond donors (Lipinski definition) is 0. The van der Waals surface area contributed by atoms with E-state index < -0.39 is 0 Å². The van der Waals surface area contributed by atoms with E-state index in [1.54, 1.807) is 0 Å². The number of ether oxygens (including phenoxy) is 8. The number of rotatable bonds is 23. The van der Waals surface area contributed by atoms with Gasteiger partial charge in [0.2, 0.25) is 0 Å². The maximum Gasteiger partial charge on any atom is 0.305 e. The minimum atomic E-state index is -0.312. The van der Waals surface area contributed by atoms with E-state index in [0.717, 1.165) is 6.42 Å². The fourth-order valence-corrected chi connectivity index (χ4v) is 1.94. The van der Waals surface area contributed by atoms with Crippen molar-refractivity contribution in [2.24, 2.45) is 0 Å². The fourth-order valence-electron chi connectivity index (χ4n) is 1.94. The highest BCUT2D eigenvalue weighted by atomic mass is 16.6. The summed E-state index contributed by atoms with van der Waals surface area (Å²) in [5.74, 6) is -0.501. The van der Waals surface area contributed by atoms with Crippen LogP contribution in [0.25, 0.3) is 0 Å². The van der Waals surface area contributed by atoms with Crippen molar-refractivity contribution >= 4 is 11.9 Å². The van der Waals surface area contributed by atoms with Crippen molar-refractivity contribution in [2.45, 2.75) is 26.7 Å². The number of carbonyl (C=O) groups is 2. The molecule has 0 radical (unpaired) electrons. The van der Waals surface area contributed by atoms with E-state index >= 15 is 0 Å². The normalized spacial score (nSPS) is 10.9. The van der Waals surface area contributed by atoms with Gasteiger partial charge in [-0.1, -0.05) is 6.92 Å². The summed E-state index contributed by atoms with van der Waals surface area (Å²) in [4.78, 5) is 21.6. The van der Waals surface area contributed by atoms with Crippen LogP contribution in [0, 0.1) is 0 Å². The highest BCUT2D eigenvalue weighted by molar-refractivity contribution is 5.69. The molecule has 178 valence electrons. The highest BCUT2D eigenvalue weighted by Crippen LogP contribution is 1.91. The van der Waals surface area contributed by atoms with Gasteiger partial charge >= 0.3 is 11.9 Å². The van der Waals surface area contributed by atoms with E-state index in [9.17, 15) is 9.59 Å². The van der Waals surface area contributed by atoms with E-state index in [4.69, 9.17) is 37.9 Å². The lowest BCUT2D eigenvalue weighted by molar-refractivity contribution is -0.145. The van der Waals surface area contributed by atoms with Crippen molar-refractivity contribution in [3.8, 4) is 0 Å². The first-order valence-corrected chi connectivity index (χ1v) is 10.4. The Bertz CT molecular complexity index is 392. The molecule has 0 aliphatic rings. The van der Waals surface area contributed by atoms with Crippen molar-refractivity contribution in [1.29, 1.82) is 0 Å². The second kappa shape index (κ2) is 24.0. The van der Waals surface area contributed by atoms with Crippen molar-refractivity contribution in [1.82, 2.24) is 0 Å². The molecule has 0 aromatic carbocycles. The van der Waals surface area contributed by atoms with Gasteiger partial charge in [-0.05, 0) is 6.42 Å². The second-order valence-corrected chi connectivity index (χ2v) is 5.98. The Morgan fingerprint density at radius 1 is 0.500 bits per heavy atom. The molecule has 0 aromatic rings. The van der Waals surface area contributed by atoms with Crippen molar-refractivity contribution in [3.63, 3.8) is 0 Å². The molecular weight excluding hydrogens is 400 g/mol. The van der Waals surface area contributed by atoms with Crippen molar-refractivity contribution in [2.75, 3.05) is 92.5 Å². The lowest BCUT2D eigenvalue weighted by Crippen LogP contribution is -2.15. The van der Waals surface area contributed by atoms with Crippen molar-refractivity contribution in [3.05, 3.63) is 0 Å². The first kappa shape index (κ1) is 28.7. The smallest absolute Gasteiger partial charge is 0.305 e. The van der Waals surface area contributed by atoms with Gasteiger partial charge in [0.1, 0.15) is 13.2 Å². The molecule has 0 aliphatic carbocycles. The summed E-state index contributed by atoms with van der Waals surface area (Å²) in [5, 5.41) is 0. The van der Waals surface area contributed by atoms with Gasteiger partial charge in [0, 0.05) is 13.3 Å². The van der Waals surface area contributed by atoms with Crippen LogP contribution in [0.2, 0.25) is 0 Å². The third-order valence-corrected chi connectivity index (χ3v) is 3.34. The fraction of sp³-hybridized carbons (Fsp3) is 0.900. The van der Waals surface area contributed by atoms with Gasteiger partial charge in [-0.3, -0.25) is 9.59 Å². The van der Waals surface area contributed by atoms with Crippen LogP contribution in [-0.2, 0) is 47.5 Å².